The van der Waals surface area contributed by atoms with Crippen molar-refractivity contribution in [1.29, 1.82) is 0 Å². The fraction of sp³-hybridized carbons (Fsp3) is 0.273. The molecule has 0 aromatic carbocycles. The number of carboxylic acid groups (broad SMARTS) is 1. The summed E-state index contributed by atoms with van der Waals surface area (Å²) in [6.07, 6.45) is 0.660. The molecule has 0 fully saturated rings. The van der Waals surface area contributed by atoms with Crippen molar-refractivity contribution >= 4 is 23.3 Å². The lowest BCUT2D eigenvalue weighted by Gasteiger charge is -2.03. The molecule has 0 amide bonds. The molecule has 16 heavy (non-hydrogen) atoms. The molecule has 0 saturated heterocycles. The molecule has 1 heterocycles. The maximum atomic E-state index is 11.0. The minimum absolute atomic E-state index is 0.268. The van der Waals surface area contributed by atoms with Crippen molar-refractivity contribution in [3.8, 4) is 0 Å². The number of ether oxygens (including phenoxy) is 1. The van der Waals surface area contributed by atoms with Gasteiger partial charge in [0.25, 0.3) is 0 Å². The molecule has 86 valence electrons. The fourth-order valence-electron chi connectivity index (χ4n) is 1.05. The summed E-state index contributed by atoms with van der Waals surface area (Å²) in [6, 6.07) is 3.22. The van der Waals surface area contributed by atoms with E-state index in [0.29, 0.717) is 18.6 Å². The first-order chi connectivity index (χ1) is 7.52. The zero-order chi connectivity index (χ0) is 12.1. The first-order valence-corrected chi connectivity index (χ1v) is 5.55. The van der Waals surface area contributed by atoms with Crippen LogP contribution < -0.4 is 0 Å². The summed E-state index contributed by atoms with van der Waals surface area (Å²) in [5.41, 5.74) is 0. The molecular weight excluding hydrogens is 228 g/mol. The predicted octanol–water partition coefficient (Wildman–Crippen LogP) is 2.46. The molecule has 0 atom stereocenters. The van der Waals surface area contributed by atoms with Crippen molar-refractivity contribution in [2.75, 3.05) is 0 Å². The van der Waals surface area contributed by atoms with Gasteiger partial charge in [-0.15, -0.1) is 11.3 Å². The summed E-state index contributed by atoms with van der Waals surface area (Å²) >= 11 is 1.15. The molecule has 0 radical (unpaired) electrons. The minimum atomic E-state index is -0.951. The summed E-state index contributed by atoms with van der Waals surface area (Å²) in [4.78, 5) is 22.7. The van der Waals surface area contributed by atoms with Crippen LogP contribution in [0.25, 0.3) is 0 Å². The number of hydrogen-bond acceptors (Lipinski definition) is 4. The van der Waals surface area contributed by atoms with Crippen LogP contribution in [0.5, 0.6) is 0 Å². The Kier molecular flexibility index (Phi) is 4.25. The fourth-order valence-corrected chi connectivity index (χ4v) is 1.93. The van der Waals surface area contributed by atoms with Crippen molar-refractivity contribution in [2.24, 2.45) is 0 Å². The van der Waals surface area contributed by atoms with E-state index in [2.05, 4.69) is 6.58 Å². The molecule has 1 aromatic heterocycles. The molecule has 0 saturated carbocycles. The van der Waals surface area contributed by atoms with Crippen LogP contribution in [0.2, 0.25) is 0 Å². The number of hydrogen-bond donors (Lipinski definition) is 1. The van der Waals surface area contributed by atoms with Gasteiger partial charge in [0.2, 0.25) is 0 Å². The molecule has 0 aliphatic heterocycles. The third kappa shape index (κ3) is 3.51. The highest BCUT2D eigenvalue weighted by Gasteiger charge is 2.09. The van der Waals surface area contributed by atoms with Gasteiger partial charge in [-0.3, -0.25) is 4.79 Å². The van der Waals surface area contributed by atoms with Crippen molar-refractivity contribution in [2.45, 2.75) is 19.8 Å². The first kappa shape index (κ1) is 12.4. The second-order valence-corrected chi connectivity index (χ2v) is 4.28. The molecule has 5 heteroatoms. The van der Waals surface area contributed by atoms with Gasteiger partial charge >= 0.3 is 11.9 Å². The van der Waals surface area contributed by atoms with E-state index in [1.54, 1.807) is 13.0 Å². The normalized spacial score (nSPS) is 9.81. The van der Waals surface area contributed by atoms with Gasteiger partial charge in [-0.2, -0.15) is 0 Å². The van der Waals surface area contributed by atoms with E-state index >= 15 is 0 Å². The van der Waals surface area contributed by atoms with Crippen LogP contribution in [0.3, 0.4) is 0 Å². The average molecular weight is 240 g/mol. The number of thiophene rings is 1. The molecule has 0 aliphatic carbocycles. The highest BCUT2D eigenvalue weighted by atomic mass is 32.1. The Morgan fingerprint density at radius 2 is 2.19 bits per heavy atom. The summed E-state index contributed by atoms with van der Waals surface area (Å²) in [5.74, 6) is -0.946. The zero-order valence-electron chi connectivity index (χ0n) is 8.86. The number of esters is 1. The number of aromatic carboxylic acids is 1. The Labute approximate surface area is 97.2 Å². The Bertz CT molecular complexity index is 419. The third-order valence-electron chi connectivity index (χ3n) is 1.79. The highest BCUT2D eigenvalue weighted by molar-refractivity contribution is 7.13. The van der Waals surface area contributed by atoms with Crippen LogP contribution in [-0.2, 0) is 16.0 Å². The third-order valence-corrected chi connectivity index (χ3v) is 2.86. The van der Waals surface area contributed by atoms with Gasteiger partial charge in [0.15, 0.2) is 0 Å². The smallest absolute Gasteiger partial charge is 0.345 e. The van der Waals surface area contributed by atoms with Crippen LogP contribution in [-0.4, -0.2) is 17.0 Å². The molecule has 1 N–H and O–H groups in total. The summed E-state index contributed by atoms with van der Waals surface area (Å²) in [6.45, 7) is 5.31. The Morgan fingerprint density at radius 1 is 1.50 bits per heavy atom. The lowest BCUT2D eigenvalue weighted by molar-refractivity contribution is -0.139. The van der Waals surface area contributed by atoms with E-state index in [0.717, 1.165) is 16.2 Å². The molecule has 0 unspecified atom stereocenters. The Balaban J connectivity index is 2.56. The summed E-state index contributed by atoms with van der Waals surface area (Å²) in [5, 5.41) is 8.72. The van der Waals surface area contributed by atoms with Crippen LogP contribution in [0.15, 0.2) is 24.5 Å². The molecule has 0 spiro atoms. The maximum Gasteiger partial charge on any atom is 0.345 e. The number of rotatable bonds is 5. The summed E-state index contributed by atoms with van der Waals surface area (Å²) in [7, 11) is 0. The largest absolute Gasteiger partial charge is 0.477 e. The lowest BCUT2D eigenvalue weighted by Crippen LogP contribution is -2.02. The Morgan fingerprint density at radius 3 is 2.69 bits per heavy atom. The van der Waals surface area contributed by atoms with Crippen molar-refractivity contribution in [1.82, 2.24) is 0 Å². The van der Waals surface area contributed by atoms with Gasteiger partial charge in [0.05, 0.1) is 0 Å². The predicted molar refractivity (Wildman–Crippen MR) is 60.5 cm³/mol. The van der Waals surface area contributed by atoms with Crippen molar-refractivity contribution in [3.63, 3.8) is 0 Å². The van der Waals surface area contributed by atoms with Gasteiger partial charge in [0, 0.05) is 17.7 Å². The van der Waals surface area contributed by atoms with Gasteiger partial charge in [-0.1, -0.05) is 13.5 Å². The second kappa shape index (κ2) is 5.46. The van der Waals surface area contributed by atoms with E-state index in [9.17, 15) is 9.59 Å². The van der Waals surface area contributed by atoms with Gasteiger partial charge < -0.3 is 9.84 Å². The monoisotopic (exact) mass is 240 g/mol. The molecule has 0 bridgehead atoms. The van der Waals surface area contributed by atoms with Crippen molar-refractivity contribution < 1.29 is 19.4 Å². The molecule has 1 aromatic rings. The molecule has 0 aliphatic rings. The minimum Gasteiger partial charge on any atom is -0.477 e. The number of carboxylic acids is 1. The van der Waals surface area contributed by atoms with Gasteiger partial charge in [-0.05, 0) is 12.1 Å². The molecule has 4 nitrogen and oxygen atoms in total. The molecule has 1 rings (SSSR count). The maximum absolute atomic E-state index is 11.0. The molecular formula is C11H12O4S. The number of allylic oxidation sites excluding steroid dienone is 1. The standard InChI is InChI=1S/C11H12O4S/c1-3-10(12)15-7(2)6-8-4-5-9(16-8)11(13)14/h4-5H,2-3,6H2,1H3,(H,13,14). The van der Waals surface area contributed by atoms with E-state index < -0.39 is 5.97 Å². The van der Waals surface area contributed by atoms with E-state index in [-0.39, 0.29) is 10.8 Å². The van der Waals surface area contributed by atoms with Crippen LogP contribution in [0, 0.1) is 0 Å². The zero-order valence-corrected chi connectivity index (χ0v) is 9.67. The van der Waals surface area contributed by atoms with E-state index in [1.165, 1.54) is 6.07 Å². The SMILES string of the molecule is C=C(Cc1ccc(C(=O)O)s1)OC(=O)CC. The average Bonchev–Trinajstić information content (AvgIpc) is 2.65. The van der Waals surface area contributed by atoms with Gasteiger partial charge in [-0.25, -0.2) is 4.79 Å². The van der Waals surface area contributed by atoms with E-state index in [1.807, 2.05) is 0 Å². The highest BCUT2D eigenvalue weighted by Crippen LogP contribution is 2.19. The second-order valence-electron chi connectivity index (χ2n) is 3.11. The van der Waals surface area contributed by atoms with Crippen LogP contribution >= 0.6 is 11.3 Å². The first-order valence-electron chi connectivity index (χ1n) is 4.73. The van der Waals surface area contributed by atoms with E-state index in [4.69, 9.17) is 9.84 Å². The number of carbonyl (C=O) groups excluding carboxylic acids is 1. The number of carbonyl (C=O) groups is 2. The quantitative estimate of drug-likeness (QED) is 0.634. The summed E-state index contributed by atoms with van der Waals surface area (Å²) < 4.78 is 4.90. The Hall–Kier alpha value is -1.62. The lowest BCUT2D eigenvalue weighted by atomic mass is 10.3. The topological polar surface area (TPSA) is 63.6 Å². The van der Waals surface area contributed by atoms with Gasteiger partial charge in [0.1, 0.15) is 10.6 Å². The van der Waals surface area contributed by atoms with Crippen molar-refractivity contribution in [3.05, 3.63) is 34.2 Å². The van der Waals surface area contributed by atoms with Crippen LogP contribution in [0.1, 0.15) is 27.9 Å². The van der Waals surface area contributed by atoms with Crippen LogP contribution in [0.4, 0.5) is 0 Å².